The van der Waals surface area contributed by atoms with E-state index < -0.39 is 0 Å². The Kier molecular flexibility index (Phi) is 4.55. The molecule has 1 heterocycles. The molecule has 15 heavy (non-hydrogen) atoms. The van der Waals surface area contributed by atoms with Crippen LogP contribution < -0.4 is 16.0 Å². The molecule has 0 saturated carbocycles. The number of carbonyl (C=O) groups excluding carboxylic acids is 2. The predicted molar refractivity (Wildman–Crippen MR) is 57.3 cm³/mol. The maximum atomic E-state index is 11.4. The van der Waals surface area contributed by atoms with Crippen molar-refractivity contribution in [1.29, 1.82) is 0 Å². The average Bonchev–Trinajstić information content (AvgIpc) is 2.28. The van der Waals surface area contributed by atoms with Crippen LogP contribution in [-0.2, 0) is 9.59 Å². The van der Waals surface area contributed by atoms with Gasteiger partial charge in [0.05, 0.1) is 5.92 Å². The van der Waals surface area contributed by atoms with Crippen LogP contribution in [0.4, 0.5) is 0 Å². The number of piperidine rings is 1. The Labute approximate surface area is 90.0 Å². The number of amides is 2. The van der Waals surface area contributed by atoms with E-state index in [9.17, 15) is 9.59 Å². The van der Waals surface area contributed by atoms with Crippen LogP contribution in [0.2, 0.25) is 0 Å². The SMILES string of the molecule is CCC(=O)N[C@H]1CNC[C@H](C(=O)NC)C1. The van der Waals surface area contributed by atoms with Crippen molar-refractivity contribution in [2.45, 2.75) is 25.8 Å². The summed E-state index contributed by atoms with van der Waals surface area (Å²) in [6.45, 7) is 3.26. The van der Waals surface area contributed by atoms with Crippen LogP contribution in [0.3, 0.4) is 0 Å². The van der Waals surface area contributed by atoms with Crippen LogP contribution in [0.15, 0.2) is 0 Å². The van der Waals surface area contributed by atoms with Crippen molar-refractivity contribution in [3.8, 4) is 0 Å². The van der Waals surface area contributed by atoms with Gasteiger partial charge < -0.3 is 16.0 Å². The highest BCUT2D eigenvalue weighted by atomic mass is 16.2. The molecule has 86 valence electrons. The molecule has 2 amide bonds. The smallest absolute Gasteiger partial charge is 0.224 e. The highest BCUT2D eigenvalue weighted by molar-refractivity contribution is 5.79. The van der Waals surface area contributed by atoms with Gasteiger partial charge in [0, 0.05) is 32.6 Å². The van der Waals surface area contributed by atoms with Crippen LogP contribution in [0.1, 0.15) is 19.8 Å². The first-order valence-corrected chi connectivity index (χ1v) is 5.39. The van der Waals surface area contributed by atoms with Gasteiger partial charge in [-0.25, -0.2) is 0 Å². The predicted octanol–water partition coefficient (Wildman–Crippen LogP) is -0.763. The second-order valence-corrected chi connectivity index (χ2v) is 3.82. The summed E-state index contributed by atoms with van der Waals surface area (Å²) in [5, 5.41) is 8.68. The normalized spacial score (nSPS) is 25.7. The fraction of sp³-hybridized carbons (Fsp3) is 0.800. The molecular formula is C10H19N3O2. The van der Waals surface area contributed by atoms with Crippen LogP contribution in [0, 0.1) is 5.92 Å². The van der Waals surface area contributed by atoms with Crippen molar-refractivity contribution >= 4 is 11.8 Å². The van der Waals surface area contributed by atoms with Gasteiger partial charge in [-0.1, -0.05) is 6.92 Å². The minimum atomic E-state index is -0.0362. The summed E-state index contributed by atoms with van der Waals surface area (Å²) in [7, 11) is 1.64. The van der Waals surface area contributed by atoms with E-state index in [-0.39, 0.29) is 23.8 Å². The maximum absolute atomic E-state index is 11.4. The lowest BCUT2D eigenvalue weighted by Gasteiger charge is -2.29. The second-order valence-electron chi connectivity index (χ2n) is 3.82. The van der Waals surface area contributed by atoms with Gasteiger partial charge in [-0.15, -0.1) is 0 Å². The summed E-state index contributed by atoms with van der Waals surface area (Å²) in [5.74, 6) is 0.0446. The van der Waals surface area contributed by atoms with Crippen molar-refractivity contribution in [1.82, 2.24) is 16.0 Å². The van der Waals surface area contributed by atoms with Crippen molar-refractivity contribution in [2.75, 3.05) is 20.1 Å². The maximum Gasteiger partial charge on any atom is 0.224 e. The van der Waals surface area contributed by atoms with Gasteiger partial charge in [0.1, 0.15) is 0 Å². The van der Waals surface area contributed by atoms with E-state index in [0.29, 0.717) is 13.0 Å². The van der Waals surface area contributed by atoms with Gasteiger partial charge in [-0.05, 0) is 6.42 Å². The molecule has 0 aliphatic carbocycles. The molecule has 0 aromatic carbocycles. The van der Waals surface area contributed by atoms with E-state index in [0.717, 1.165) is 13.0 Å². The Bertz CT molecular complexity index is 243. The van der Waals surface area contributed by atoms with Crippen molar-refractivity contribution in [3.63, 3.8) is 0 Å². The van der Waals surface area contributed by atoms with Gasteiger partial charge in [0.2, 0.25) is 11.8 Å². The molecule has 1 fully saturated rings. The Morgan fingerprint density at radius 3 is 2.73 bits per heavy atom. The quantitative estimate of drug-likeness (QED) is 0.577. The average molecular weight is 213 g/mol. The minimum absolute atomic E-state index is 0.0362. The Morgan fingerprint density at radius 2 is 2.13 bits per heavy atom. The second kappa shape index (κ2) is 5.70. The Balaban J connectivity index is 2.42. The van der Waals surface area contributed by atoms with E-state index in [1.807, 2.05) is 6.92 Å². The number of rotatable bonds is 3. The zero-order valence-electron chi connectivity index (χ0n) is 9.30. The fourth-order valence-electron chi connectivity index (χ4n) is 1.79. The molecule has 1 aliphatic heterocycles. The first-order valence-electron chi connectivity index (χ1n) is 5.39. The van der Waals surface area contributed by atoms with Crippen LogP contribution in [0.5, 0.6) is 0 Å². The van der Waals surface area contributed by atoms with Gasteiger partial charge in [0.15, 0.2) is 0 Å². The fourth-order valence-corrected chi connectivity index (χ4v) is 1.79. The standard InChI is InChI=1S/C10H19N3O2/c1-3-9(14)13-8-4-7(5-12-6-8)10(15)11-2/h7-8,12H,3-6H2,1-2H3,(H,11,15)(H,13,14)/t7-,8-/m1/s1. The summed E-state index contributed by atoms with van der Waals surface area (Å²) in [4.78, 5) is 22.6. The molecule has 0 radical (unpaired) electrons. The number of hydrogen-bond donors (Lipinski definition) is 3. The van der Waals surface area contributed by atoms with Gasteiger partial charge in [-0.3, -0.25) is 9.59 Å². The zero-order valence-corrected chi connectivity index (χ0v) is 9.30. The Hall–Kier alpha value is -1.10. The molecule has 5 nitrogen and oxygen atoms in total. The monoisotopic (exact) mass is 213 g/mol. The van der Waals surface area contributed by atoms with Crippen molar-refractivity contribution < 1.29 is 9.59 Å². The molecule has 0 spiro atoms. The van der Waals surface area contributed by atoms with Crippen LogP contribution >= 0.6 is 0 Å². The zero-order chi connectivity index (χ0) is 11.3. The largest absolute Gasteiger partial charge is 0.359 e. The number of hydrogen-bond acceptors (Lipinski definition) is 3. The third-order valence-corrected chi connectivity index (χ3v) is 2.65. The molecule has 1 rings (SSSR count). The number of nitrogens with one attached hydrogen (secondary N) is 3. The summed E-state index contributed by atoms with van der Waals surface area (Å²) >= 11 is 0. The lowest BCUT2D eigenvalue weighted by molar-refractivity contribution is -0.126. The molecule has 0 aromatic rings. The third kappa shape index (κ3) is 3.51. The summed E-state index contributed by atoms with van der Waals surface area (Å²) in [5.41, 5.74) is 0. The molecule has 5 heteroatoms. The highest BCUT2D eigenvalue weighted by Gasteiger charge is 2.26. The first-order chi connectivity index (χ1) is 7.17. The van der Waals surface area contributed by atoms with Gasteiger partial charge in [0.25, 0.3) is 0 Å². The molecule has 1 aliphatic rings. The molecule has 3 N–H and O–H groups in total. The molecular weight excluding hydrogens is 194 g/mol. The van der Waals surface area contributed by atoms with Gasteiger partial charge >= 0.3 is 0 Å². The molecule has 2 atom stereocenters. The summed E-state index contributed by atoms with van der Waals surface area (Å²) in [6, 6.07) is 0.0773. The molecule has 1 saturated heterocycles. The number of carbonyl (C=O) groups is 2. The first kappa shape index (κ1) is 12.0. The lowest BCUT2D eigenvalue weighted by Crippen LogP contribution is -2.51. The van der Waals surface area contributed by atoms with E-state index >= 15 is 0 Å². The minimum Gasteiger partial charge on any atom is -0.359 e. The van der Waals surface area contributed by atoms with Crippen molar-refractivity contribution in [2.24, 2.45) is 5.92 Å². The summed E-state index contributed by atoms with van der Waals surface area (Å²) in [6.07, 6.45) is 1.21. The van der Waals surface area contributed by atoms with Gasteiger partial charge in [-0.2, -0.15) is 0 Å². The van der Waals surface area contributed by atoms with E-state index in [2.05, 4.69) is 16.0 Å². The Morgan fingerprint density at radius 1 is 1.40 bits per heavy atom. The van der Waals surface area contributed by atoms with Crippen molar-refractivity contribution in [3.05, 3.63) is 0 Å². The molecule has 0 aromatic heterocycles. The molecule has 0 bridgehead atoms. The van der Waals surface area contributed by atoms with E-state index in [1.54, 1.807) is 7.05 Å². The highest BCUT2D eigenvalue weighted by Crippen LogP contribution is 2.10. The topological polar surface area (TPSA) is 70.2 Å². The third-order valence-electron chi connectivity index (χ3n) is 2.65. The lowest BCUT2D eigenvalue weighted by atomic mass is 9.95. The summed E-state index contributed by atoms with van der Waals surface area (Å²) < 4.78 is 0. The van der Waals surface area contributed by atoms with E-state index in [1.165, 1.54) is 0 Å². The van der Waals surface area contributed by atoms with Crippen LogP contribution in [0.25, 0.3) is 0 Å². The van der Waals surface area contributed by atoms with E-state index in [4.69, 9.17) is 0 Å². The molecule has 0 unspecified atom stereocenters. The van der Waals surface area contributed by atoms with Crippen LogP contribution in [-0.4, -0.2) is 38.0 Å².